The molecule has 90 valence electrons. The molecule has 0 bridgehead atoms. The van der Waals surface area contributed by atoms with Crippen LogP contribution in [0.4, 0.5) is 0 Å². The topological polar surface area (TPSA) is 21.3 Å². The minimum atomic E-state index is 0.592. The molecule has 0 unspecified atom stereocenters. The molecule has 1 heterocycles. The maximum Gasteiger partial charge on any atom is 0.122 e. The van der Waals surface area contributed by atoms with Gasteiger partial charge in [-0.25, -0.2) is 0 Å². The summed E-state index contributed by atoms with van der Waals surface area (Å²) >= 11 is 7.65. The lowest BCUT2D eigenvalue weighted by atomic mass is 10.3. The van der Waals surface area contributed by atoms with Gasteiger partial charge < -0.3 is 10.1 Å². The maximum atomic E-state index is 5.89. The third kappa shape index (κ3) is 3.73. The second-order valence-corrected chi connectivity index (χ2v) is 5.33. The van der Waals surface area contributed by atoms with E-state index in [1.807, 2.05) is 31.3 Å². The Morgan fingerprint density at radius 1 is 1.24 bits per heavy atom. The molecule has 0 saturated carbocycles. The SMILES string of the molecule is CNCc1ccc(COc2cccc(Cl)c2)s1. The Kier molecular flexibility index (Phi) is 4.42. The summed E-state index contributed by atoms with van der Waals surface area (Å²) in [6, 6.07) is 11.7. The summed E-state index contributed by atoms with van der Waals surface area (Å²) < 4.78 is 5.67. The van der Waals surface area contributed by atoms with Gasteiger partial charge >= 0.3 is 0 Å². The minimum absolute atomic E-state index is 0.592. The predicted molar refractivity (Wildman–Crippen MR) is 72.9 cm³/mol. The maximum absolute atomic E-state index is 5.89. The van der Waals surface area contributed by atoms with Crippen LogP contribution >= 0.6 is 22.9 Å². The quantitative estimate of drug-likeness (QED) is 0.892. The van der Waals surface area contributed by atoms with E-state index >= 15 is 0 Å². The van der Waals surface area contributed by atoms with E-state index < -0.39 is 0 Å². The van der Waals surface area contributed by atoms with Gasteiger partial charge in [-0.3, -0.25) is 0 Å². The molecule has 1 aromatic heterocycles. The number of nitrogens with one attached hydrogen (secondary N) is 1. The Bertz CT molecular complexity index is 484. The first-order chi connectivity index (χ1) is 8.28. The van der Waals surface area contributed by atoms with Gasteiger partial charge in [0.2, 0.25) is 0 Å². The molecule has 1 N–H and O–H groups in total. The lowest BCUT2D eigenvalue weighted by Gasteiger charge is -2.04. The highest BCUT2D eigenvalue weighted by atomic mass is 35.5. The fourth-order valence-corrected chi connectivity index (χ4v) is 2.60. The van der Waals surface area contributed by atoms with E-state index in [1.54, 1.807) is 11.3 Å². The van der Waals surface area contributed by atoms with E-state index in [1.165, 1.54) is 9.75 Å². The Balaban J connectivity index is 1.93. The molecule has 2 rings (SSSR count). The van der Waals surface area contributed by atoms with E-state index in [-0.39, 0.29) is 0 Å². The Morgan fingerprint density at radius 2 is 2.06 bits per heavy atom. The minimum Gasteiger partial charge on any atom is -0.488 e. The summed E-state index contributed by atoms with van der Waals surface area (Å²) in [6.45, 7) is 1.50. The van der Waals surface area contributed by atoms with E-state index in [4.69, 9.17) is 16.3 Å². The van der Waals surface area contributed by atoms with Gasteiger partial charge in [-0.2, -0.15) is 0 Å². The molecular weight excluding hydrogens is 254 g/mol. The molecule has 4 heteroatoms. The van der Waals surface area contributed by atoms with Crippen molar-refractivity contribution in [2.24, 2.45) is 0 Å². The Hall–Kier alpha value is -1.03. The summed E-state index contributed by atoms with van der Waals surface area (Å²) in [4.78, 5) is 2.53. The second kappa shape index (κ2) is 6.05. The first-order valence-corrected chi connectivity index (χ1v) is 6.58. The van der Waals surface area contributed by atoms with Gasteiger partial charge in [0.1, 0.15) is 12.4 Å². The molecule has 0 aliphatic heterocycles. The van der Waals surface area contributed by atoms with Gasteiger partial charge in [-0.15, -0.1) is 11.3 Å². The van der Waals surface area contributed by atoms with Crippen LogP contribution < -0.4 is 10.1 Å². The van der Waals surface area contributed by atoms with Gasteiger partial charge in [-0.1, -0.05) is 17.7 Å². The van der Waals surface area contributed by atoms with Crippen LogP contribution in [0.2, 0.25) is 5.02 Å². The molecule has 0 spiro atoms. The van der Waals surface area contributed by atoms with Crippen LogP contribution in [0, 0.1) is 0 Å². The molecule has 0 saturated heterocycles. The van der Waals surface area contributed by atoms with Gasteiger partial charge in [0.25, 0.3) is 0 Å². The molecule has 0 radical (unpaired) electrons. The molecule has 0 aliphatic carbocycles. The van der Waals surface area contributed by atoms with Crippen LogP contribution in [-0.2, 0) is 13.2 Å². The van der Waals surface area contributed by atoms with Crippen molar-refractivity contribution in [2.75, 3.05) is 7.05 Å². The first-order valence-electron chi connectivity index (χ1n) is 5.38. The van der Waals surface area contributed by atoms with Crippen molar-refractivity contribution >= 4 is 22.9 Å². The standard InChI is InChI=1S/C13H14ClNOS/c1-15-8-12-5-6-13(17-12)9-16-11-4-2-3-10(14)7-11/h2-7,15H,8-9H2,1H3. The van der Waals surface area contributed by atoms with Crippen LogP contribution in [0.5, 0.6) is 5.75 Å². The van der Waals surface area contributed by atoms with Crippen molar-refractivity contribution in [3.63, 3.8) is 0 Å². The zero-order chi connectivity index (χ0) is 12.1. The summed E-state index contributed by atoms with van der Waals surface area (Å²) in [5.41, 5.74) is 0. The van der Waals surface area contributed by atoms with Crippen LogP contribution in [0.15, 0.2) is 36.4 Å². The van der Waals surface area contributed by atoms with Crippen molar-refractivity contribution in [2.45, 2.75) is 13.2 Å². The third-order valence-electron chi connectivity index (χ3n) is 2.25. The van der Waals surface area contributed by atoms with Gasteiger partial charge in [0.15, 0.2) is 0 Å². The summed E-state index contributed by atoms with van der Waals surface area (Å²) in [7, 11) is 1.95. The lowest BCUT2D eigenvalue weighted by Crippen LogP contribution is -2.02. The van der Waals surface area contributed by atoms with Crippen LogP contribution in [0.3, 0.4) is 0 Å². The molecule has 0 aliphatic rings. The van der Waals surface area contributed by atoms with Crippen LogP contribution in [0.1, 0.15) is 9.75 Å². The number of hydrogen-bond acceptors (Lipinski definition) is 3. The highest BCUT2D eigenvalue weighted by Gasteiger charge is 2.01. The molecule has 0 atom stereocenters. The second-order valence-electron chi connectivity index (χ2n) is 3.64. The number of hydrogen-bond donors (Lipinski definition) is 1. The largest absolute Gasteiger partial charge is 0.488 e. The number of thiophene rings is 1. The van der Waals surface area contributed by atoms with Crippen molar-refractivity contribution in [1.82, 2.24) is 5.32 Å². The molecule has 17 heavy (non-hydrogen) atoms. The number of benzene rings is 1. The monoisotopic (exact) mass is 267 g/mol. The number of ether oxygens (including phenoxy) is 1. The predicted octanol–water partition coefficient (Wildman–Crippen LogP) is 3.70. The zero-order valence-corrected chi connectivity index (χ0v) is 11.1. The summed E-state index contributed by atoms with van der Waals surface area (Å²) in [6.07, 6.45) is 0. The van der Waals surface area contributed by atoms with Crippen LogP contribution in [0.25, 0.3) is 0 Å². The lowest BCUT2D eigenvalue weighted by molar-refractivity contribution is 0.310. The van der Waals surface area contributed by atoms with Crippen molar-refractivity contribution < 1.29 is 4.74 Å². The third-order valence-corrected chi connectivity index (χ3v) is 3.54. The molecule has 2 nitrogen and oxygen atoms in total. The fraction of sp³-hybridized carbons (Fsp3) is 0.231. The van der Waals surface area contributed by atoms with E-state index in [0.717, 1.165) is 12.3 Å². The average Bonchev–Trinajstić information content (AvgIpc) is 2.75. The smallest absolute Gasteiger partial charge is 0.122 e. The van der Waals surface area contributed by atoms with Crippen molar-refractivity contribution in [3.8, 4) is 5.75 Å². The Labute approximate surface area is 110 Å². The summed E-state index contributed by atoms with van der Waals surface area (Å²) in [5, 5.41) is 3.83. The van der Waals surface area contributed by atoms with E-state index in [2.05, 4.69) is 17.4 Å². The van der Waals surface area contributed by atoms with E-state index in [9.17, 15) is 0 Å². The summed E-state index contributed by atoms with van der Waals surface area (Å²) in [5.74, 6) is 0.807. The molecule has 0 amide bonds. The number of halogens is 1. The first kappa shape index (κ1) is 12.4. The highest BCUT2D eigenvalue weighted by molar-refractivity contribution is 7.11. The van der Waals surface area contributed by atoms with Gasteiger partial charge in [0.05, 0.1) is 0 Å². The molecule has 2 aromatic rings. The molecule has 1 aromatic carbocycles. The zero-order valence-electron chi connectivity index (χ0n) is 9.57. The van der Waals surface area contributed by atoms with Crippen LogP contribution in [-0.4, -0.2) is 7.05 Å². The van der Waals surface area contributed by atoms with Crippen molar-refractivity contribution in [3.05, 3.63) is 51.2 Å². The number of rotatable bonds is 5. The van der Waals surface area contributed by atoms with Gasteiger partial charge in [-0.05, 0) is 37.4 Å². The highest BCUT2D eigenvalue weighted by Crippen LogP contribution is 2.21. The fourth-order valence-electron chi connectivity index (χ4n) is 1.48. The van der Waals surface area contributed by atoms with E-state index in [0.29, 0.717) is 11.6 Å². The molecule has 0 fully saturated rings. The van der Waals surface area contributed by atoms with Gasteiger partial charge in [0, 0.05) is 21.3 Å². The molecular formula is C13H14ClNOS. The normalized spacial score (nSPS) is 10.5. The van der Waals surface area contributed by atoms with Crippen molar-refractivity contribution in [1.29, 1.82) is 0 Å². The Morgan fingerprint density at radius 3 is 2.82 bits per heavy atom. The average molecular weight is 268 g/mol.